The molecule has 0 saturated carbocycles. The molecule has 0 atom stereocenters. The molecule has 8 nitrogen and oxygen atoms in total. The fourth-order valence-corrected chi connectivity index (χ4v) is 4.86. The maximum Gasteiger partial charge on any atom is 0.253 e. The molecule has 2 amide bonds. The van der Waals surface area contributed by atoms with E-state index in [1.165, 1.54) is 26.2 Å². The second-order valence-corrected chi connectivity index (χ2v) is 11.7. The van der Waals surface area contributed by atoms with Gasteiger partial charge in [-0.1, -0.05) is 19.9 Å². The topological polar surface area (TPSA) is 90.0 Å². The highest BCUT2D eigenvalue weighted by Crippen LogP contribution is 2.22. The van der Waals surface area contributed by atoms with Crippen LogP contribution in [0.4, 0.5) is 0 Å². The van der Waals surface area contributed by atoms with Crippen molar-refractivity contribution in [3.63, 3.8) is 0 Å². The Labute approximate surface area is 186 Å². The monoisotopic (exact) mass is 452 g/mol. The molecular weight excluding hydrogens is 416 g/mol. The zero-order valence-electron chi connectivity index (χ0n) is 19.5. The first kappa shape index (κ1) is 25.3. The van der Waals surface area contributed by atoms with Crippen LogP contribution in [0.2, 0.25) is 0 Å². The summed E-state index contributed by atoms with van der Waals surface area (Å²) in [7, 11) is 3.35. The molecule has 1 aromatic rings. The number of likely N-dealkylation sites (tertiary alicyclic amines) is 1. The number of rotatable bonds is 8. The van der Waals surface area contributed by atoms with Crippen LogP contribution in [0.1, 0.15) is 37.0 Å². The van der Waals surface area contributed by atoms with Crippen LogP contribution in [0, 0.1) is 11.3 Å². The Balaban J connectivity index is 1.94. The third-order valence-electron chi connectivity index (χ3n) is 5.50. The lowest BCUT2D eigenvalue weighted by Gasteiger charge is -2.33. The minimum absolute atomic E-state index is 0.0201. The molecule has 1 N–H and O–H groups in total. The largest absolute Gasteiger partial charge is 0.355 e. The van der Waals surface area contributed by atoms with Crippen molar-refractivity contribution in [1.82, 2.24) is 19.4 Å². The molecule has 174 valence electrons. The Hall–Kier alpha value is -1.97. The number of hydrogen-bond donors (Lipinski definition) is 1. The number of sulfonamides is 1. The standard InChI is InChI=1S/C22H36N4O4S/c1-22(2,16-24(3)4)15-23-20(27)17-10-12-26(13-11-17)21(28)18-8-7-9-19(14-18)31(29,30)25(5)6/h7-9,14,17H,10-13,15-16H2,1-6H3,(H,23,27). The summed E-state index contributed by atoms with van der Waals surface area (Å²) in [6.45, 7) is 6.68. The number of hydrogen-bond acceptors (Lipinski definition) is 5. The molecule has 1 aliphatic heterocycles. The van der Waals surface area contributed by atoms with E-state index in [2.05, 4.69) is 24.1 Å². The molecule has 31 heavy (non-hydrogen) atoms. The van der Waals surface area contributed by atoms with Crippen molar-refractivity contribution >= 4 is 21.8 Å². The molecule has 0 spiro atoms. The number of benzene rings is 1. The number of nitrogens with zero attached hydrogens (tertiary/aromatic N) is 3. The highest BCUT2D eigenvalue weighted by Gasteiger charge is 2.29. The quantitative estimate of drug-likeness (QED) is 0.646. The minimum Gasteiger partial charge on any atom is -0.355 e. The number of carbonyl (C=O) groups is 2. The summed E-state index contributed by atoms with van der Waals surface area (Å²) in [4.78, 5) is 29.4. The lowest BCUT2D eigenvalue weighted by atomic mass is 9.91. The summed E-state index contributed by atoms with van der Waals surface area (Å²) in [5.41, 5.74) is 0.324. The number of amides is 2. The Kier molecular flexibility index (Phi) is 8.24. The van der Waals surface area contributed by atoms with Crippen molar-refractivity contribution in [2.24, 2.45) is 11.3 Å². The third-order valence-corrected chi connectivity index (χ3v) is 7.31. The van der Waals surface area contributed by atoms with Gasteiger partial charge in [0.25, 0.3) is 5.91 Å². The number of carbonyl (C=O) groups excluding carboxylic acids is 2. The van der Waals surface area contributed by atoms with Gasteiger partial charge in [0, 0.05) is 51.8 Å². The van der Waals surface area contributed by atoms with Gasteiger partial charge in [-0.15, -0.1) is 0 Å². The van der Waals surface area contributed by atoms with Gasteiger partial charge >= 0.3 is 0 Å². The van der Waals surface area contributed by atoms with Crippen LogP contribution >= 0.6 is 0 Å². The molecule has 2 rings (SSSR count). The van der Waals surface area contributed by atoms with Gasteiger partial charge < -0.3 is 15.1 Å². The van der Waals surface area contributed by atoms with Crippen LogP contribution in [-0.4, -0.2) is 88.7 Å². The molecule has 9 heteroatoms. The maximum absolute atomic E-state index is 12.9. The molecule has 1 aliphatic rings. The van der Waals surface area contributed by atoms with E-state index in [-0.39, 0.29) is 28.0 Å². The Morgan fingerprint density at radius 2 is 1.74 bits per heavy atom. The highest BCUT2D eigenvalue weighted by molar-refractivity contribution is 7.89. The second kappa shape index (κ2) is 10.1. The fraction of sp³-hybridized carbons (Fsp3) is 0.636. The predicted molar refractivity (Wildman–Crippen MR) is 121 cm³/mol. The smallest absolute Gasteiger partial charge is 0.253 e. The summed E-state index contributed by atoms with van der Waals surface area (Å²) in [6, 6.07) is 6.12. The second-order valence-electron chi connectivity index (χ2n) is 9.50. The lowest BCUT2D eigenvalue weighted by molar-refractivity contribution is -0.126. The zero-order valence-corrected chi connectivity index (χ0v) is 20.3. The van der Waals surface area contributed by atoms with Crippen LogP contribution in [0.5, 0.6) is 0 Å². The molecule has 0 aromatic heterocycles. The molecule has 0 unspecified atom stereocenters. The van der Waals surface area contributed by atoms with Gasteiger partial charge in [0.15, 0.2) is 0 Å². The van der Waals surface area contributed by atoms with Crippen molar-refractivity contribution in [2.45, 2.75) is 31.6 Å². The Morgan fingerprint density at radius 3 is 2.29 bits per heavy atom. The van der Waals surface area contributed by atoms with E-state index in [9.17, 15) is 18.0 Å². The van der Waals surface area contributed by atoms with E-state index < -0.39 is 10.0 Å². The summed E-state index contributed by atoms with van der Waals surface area (Å²) in [5, 5.41) is 3.07. The van der Waals surface area contributed by atoms with E-state index in [4.69, 9.17) is 0 Å². The van der Waals surface area contributed by atoms with Gasteiger partial charge in [-0.05, 0) is 50.6 Å². The summed E-state index contributed by atoms with van der Waals surface area (Å²) < 4.78 is 25.8. The van der Waals surface area contributed by atoms with E-state index in [1.54, 1.807) is 17.0 Å². The third kappa shape index (κ3) is 6.75. The van der Waals surface area contributed by atoms with Crippen molar-refractivity contribution in [2.75, 3.05) is 54.4 Å². The van der Waals surface area contributed by atoms with E-state index in [0.717, 1.165) is 10.8 Å². The van der Waals surface area contributed by atoms with Gasteiger partial charge in [-0.25, -0.2) is 12.7 Å². The predicted octanol–water partition coefficient (Wildman–Crippen LogP) is 1.49. The average Bonchev–Trinajstić information content (AvgIpc) is 2.70. The molecular formula is C22H36N4O4S. The van der Waals surface area contributed by atoms with E-state index in [1.807, 2.05) is 14.1 Å². The molecule has 1 heterocycles. The Bertz CT molecular complexity index is 889. The van der Waals surface area contributed by atoms with Crippen molar-refractivity contribution in [1.29, 1.82) is 0 Å². The number of nitrogens with one attached hydrogen (secondary N) is 1. The van der Waals surface area contributed by atoms with Gasteiger partial charge in [0.2, 0.25) is 15.9 Å². The van der Waals surface area contributed by atoms with Crippen LogP contribution in [0.3, 0.4) is 0 Å². The Morgan fingerprint density at radius 1 is 1.13 bits per heavy atom. The molecule has 1 aromatic carbocycles. The van der Waals surface area contributed by atoms with Gasteiger partial charge in [0.1, 0.15) is 0 Å². The van der Waals surface area contributed by atoms with Gasteiger partial charge in [-0.3, -0.25) is 9.59 Å². The first-order chi connectivity index (χ1) is 14.3. The first-order valence-corrected chi connectivity index (χ1v) is 12.0. The van der Waals surface area contributed by atoms with Crippen LogP contribution in [0.15, 0.2) is 29.2 Å². The molecule has 0 aliphatic carbocycles. The zero-order chi connectivity index (χ0) is 23.4. The summed E-state index contributed by atoms with van der Waals surface area (Å²) in [6.07, 6.45) is 1.20. The highest BCUT2D eigenvalue weighted by atomic mass is 32.2. The van der Waals surface area contributed by atoms with Crippen LogP contribution in [-0.2, 0) is 14.8 Å². The fourth-order valence-electron chi connectivity index (χ4n) is 3.91. The number of piperidine rings is 1. The minimum atomic E-state index is -3.60. The van der Waals surface area contributed by atoms with E-state index in [0.29, 0.717) is 38.0 Å². The van der Waals surface area contributed by atoms with Crippen molar-refractivity contribution in [3.8, 4) is 0 Å². The van der Waals surface area contributed by atoms with Crippen molar-refractivity contribution < 1.29 is 18.0 Å². The molecule has 1 saturated heterocycles. The van der Waals surface area contributed by atoms with Crippen LogP contribution in [0.25, 0.3) is 0 Å². The normalized spacial score (nSPS) is 16.1. The van der Waals surface area contributed by atoms with Crippen LogP contribution < -0.4 is 5.32 Å². The first-order valence-electron chi connectivity index (χ1n) is 10.6. The molecule has 1 fully saturated rings. The summed E-state index contributed by atoms with van der Waals surface area (Å²) >= 11 is 0. The lowest BCUT2D eigenvalue weighted by Crippen LogP contribution is -2.46. The van der Waals surface area contributed by atoms with Crippen molar-refractivity contribution in [3.05, 3.63) is 29.8 Å². The molecule has 0 radical (unpaired) electrons. The van der Waals surface area contributed by atoms with E-state index >= 15 is 0 Å². The SMILES string of the molecule is CN(C)CC(C)(C)CNC(=O)C1CCN(C(=O)c2cccc(S(=O)(=O)N(C)C)c2)CC1. The average molecular weight is 453 g/mol. The van der Waals surface area contributed by atoms with Gasteiger partial charge in [-0.2, -0.15) is 0 Å². The summed E-state index contributed by atoms with van der Waals surface area (Å²) in [5.74, 6) is -0.278. The van der Waals surface area contributed by atoms with Gasteiger partial charge in [0.05, 0.1) is 4.90 Å². The maximum atomic E-state index is 12.9. The molecule has 0 bridgehead atoms.